The van der Waals surface area contributed by atoms with Crippen LogP contribution in [0.2, 0.25) is 0 Å². The molecule has 1 rings (SSSR count). The first-order chi connectivity index (χ1) is 6.06. The highest BCUT2D eigenvalue weighted by Crippen LogP contribution is 2.13. The largest absolute Gasteiger partial charge is 0.501 e. The van der Waals surface area contributed by atoms with E-state index in [9.17, 15) is 9.59 Å². The van der Waals surface area contributed by atoms with Gasteiger partial charge in [0.1, 0.15) is 12.4 Å². The summed E-state index contributed by atoms with van der Waals surface area (Å²) in [7, 11) is 0. The van der Waals surface area contributed by atoms with Crippen molar-refractivity contribution < 1.29 is 24.5 Å². The maximum Gasteiger partial charge on any atom is 0.375 e. The lowest BCUT2D eigenvalue weighted by atomic mass is 10.3. The average Bonchev–Trinajstić information content (AvgIpc) is 2.09. The molecule has 0 spiro atoms. The SMILES string of the molecule is O=C(O)c1oc(CO)cc(=O)c1O. The maximum absolute atomic E-state index is 10.8. The molecule has 0 aliphatic heterocycles. The van der Waals surface area contributed by atoms with Crippen LogP contribution in [-0.2, 0) is 6.61 Å². The molecule has 1 heterocycles. The summed E-state index contributed by atoms with van der Waals surface area (Å²) < 4.78 is 4.50. The highest BCUT2D eigenvalue weighted by atomic mass is 16.4. The highest BCUT2D eigenvalue weighted by Gasteiger charge is 2.17. The Morgan fingerprint density at radius 3 is 2.62 bits per heavy atom. The van der Waals surface area contributed by atoms with Crippen molar-refractivity contribution in [3.8, 4) is 5.75 Å². The summed E-state index contributed by atoms with van der Waals surface area (Å²) in [4.78, 5) is 21.2. The van der Waals surface area contributed by atoms with Crippen molar-refractivity contribution in [2.75, 3.05) is 0 Å². The van der Waals surface area contributed by atoms with E-state index in [2.05, 4.69) is 4.42 Å². The maximum atomic E-state index is 10.8. The molecule has 0 fully saturated rings. The van der Waals surface area contributed by atoms with Crippen LogP contribution in [0.25, 0.3) is 0 Å². The molecule has 13 heavy (non-hydrogen) atoms. The molecule has 70 valence electrons. The van der Waals surface area contributed by atoms with Gasteiger partial charge in [0.2, 0.25) is 11.2 Å². The highest BCUT2D eigenvalue weighted by molar-refractivity contribution is 5.87. The Balaban J connectivity index is 3.42. The molecular weight excluding hydrogens is 180 g/mol. The fourth-order valence-corrected chi connectivity index (χ4v) is 0.758. The first kappa shape index (κ1) is 9.27. The number of aliphatic hydroxyl groups excluding tert-OH is 1. The third kappa shape index (κ3) is 1.67. The second-order valence-electron chi connectivity index (χ2n) is 2.22. The smallest absolute Gasteiger partial charge is 0.375 e. The van der Waals surface area contributed by atoms with E-state index in [1.54, 1.807) is 0 Å². The summed E-state index contributed by atoms with van der Waals surface area (Å²) in [5.74, 6) is -3.61. The molecule has 0 unspecified atom stereocenters. The number of carboxylic acids is 1. The molecular formula is C7H6O6. The van der Waals surface area contributed by atoms with Crippen molar-refractivity contribution in [2.45, 2.75) is 6.61 Å². The van der Waals surface area contributed by atoms with E-state index in [0.717, 1.165) is 6.07 Å². The van der Waals surface area contributed by atoms with Crippen LogP contribution < -0.4 is 5.43 Å². The van der Waals surface area contributed by atoms with Crippen LogP contribution in [0.15, 0.2) is 15.3 Å². The van der Waals surface area contributed by atoms with Gasteiger partial charge in [-0.15, -0.1) is 0 Å². The van der Waals surface area contributed by atoms with Gasteiger partial charge in [0.15, 0.2) is 0 Å². The van der Waals surface area contributed by atoms with Crippen LogP contribution in [-0.4, -0.2) is 21.3 Å². The van der Waals surface area contributed by atoms with Gasteiger partial charge in [-0.1, -0.05) is 0 Å². The van der Waals surface area contributed by atoms with Gasteiger partial charge in [-0.25, -0.2) is 4.79 Å². The lowest BCUT2D eigenvalue weighted by Crippen LogP contribution is -2.08. The van der Waals surface area contributed by atoms with Crippen molar-refractivity contribution in [1.82, 2.24) is 0 Å². The first-order valence-corrected chi connectivity index (χ1v) is 3.26. The van der Waals surface area contributed by atoms with E-state index in [-0.39, 0.29) is 5.76 Å². The van der Waals surface area contributed by atoms with E-state index < -0.39 is 29.5 Å². The third-order valence-corrected chi connectivity index (χ3v) is 1.32. The summed E-state index contributed by atoms with van der Waals surface area (Å²) in [5.41, 5.74) is -0.896. The molecule has 0 saturated heterocycles. The lowest BCUT2D eigenvalue weighted by Gasteiger charge is -1.99. The van der Waals surface area contributed by atoms with Gasteiger partial charge in [0.05, 0.1) is 0 Å². The van der Waals surface area contributed by atoms with E-state index >= 15 is 0 Å². The Hall–Kier alpha value is -1.82. The van der Waals surface area contributed by atoms with Crippen LogP contribution in [0.1, 0.15) is 16.3 Å². The summed E-state index contributed by atoms with van der Waals surface area (Å²) in [6, 6.07) is 0.821. The standard InChI is InChI=1S/C7H6O6/c8-2-3-1-4(9)5(10)6(13-3)7(11)12/h1,8,10H,2H2,(H,11,12). The second kappa shape index (κ2) is 3.28. The zero-order valence-corrected chi connectivity index (χ0v) is 6.35. The Bertz CT molecular complexity index is 390. The van der Waals surface area contributed by atoms with Crippen LogP contribution in [0, 0.1) is 0 Å². The van der Waals surface area contributed by atoms with Crippen molar-refractivity contribution >= 4 is 5.97 Å². The molecule has 0 amide bonds. The average molecular weight is 186 g/mol. The molecule has 6 heteroatoms. The molecule has 0 aliphatic carbocycles. The number of hydrogen-bond acceptors (Lipinski definition) is 5. The Morgan fingerprint density at radius 2 is 2.15 bits per heavy atom. The van der Waals surface area contributed by atoms with Crippen LogP contribution in [0.5, 0.6) is 5.75 Å². The van der Waals surface area contributed by atoms with Gasteiger partial charge < -0.3 is 19.7 Å². The van der Waals surface area contributed by atoms with E-state index in [4.69, 9.17) is 15.3 Å². The molecule has 0 atom stereocenters. The number of aromatic hydroxyl groups is 1. The number of carbonyl (C=O) groups is 1. The second-order valence-corrected chi connectivity index (χ2v) is 2.22. The zero-order valence-electron chi connectivity index (χ0n) is 6.35. The number of aliphatic hydroxyl groups is 1. The summed E-state index contributed by atoms with van der Waals surface area (Å²) >= 11 is 0. The Kier molecular flexibility index (Phi) is 2.34. The van der Waals surface area contributed by atoms with E-state index in [1.807, 2.05) is 0 Å². The Morgan fingerprint density at radius 1 is 1.54 bits per heavy atom. The quantitative estimate of drug-likeness (QED) is 0.576. The van der Waals surface area contributed by atoms with Gasteiger partial charge >= 0.3 is 5.97 Å². The van der Waals surface area contributed by atoms with Gasteiger partial charge in [-0.05, 0) is 0 Å². The van der Waals surface area contributed by atoms with Crippen LogP contribution in [0.4, 0.5) is 0 Å². The topological polar surface area (TPSA) is 108 Å². The summed E-state index contributed by atoms with van der Waals surface area (Å²) in [6.45, 7) is -0.601. The van der Waals surface area contributed by atoms with Crippen molar-refractivity contribution in [2.24, 2.45) is 0 Å². The fraction of sp³-hybridized carbons (Fsp3) is 0.143. The van der Waals surface area contributed by atoms with Crippen molar-refractivity contribution in [3.05, 3.63) is 27.8 Å². The summed E-state index contributed by atoms with van der Waals surface area (Å²) in [6.07, 6.45) is 0. The normalized spacial score (nSPS) is 9.92. The van der Waals surface area contributed by atoms with Gasteiger partial charge in [-0.3, -0.25) is 4.79 Å². The summed E-state index contributed by atoms with van der Waals surface area (Å²) in [5, 5.41) is 25.9. The van der Waals surface area contributed by atoms with Gasteiger partial charge in [-0.2, -0.15) is 0 Å². The number of rotatable bonds is 2. The molecule has 0 aromatic carbocycles. The molecule has 0 bridgehead atoms. The Labute approximate surface area is 71.7 Å². The zero-order chi connectivity index (χ0) is 10.0. The minimum Gasteiger partial charge on any atom is -0.501 e. The third-order valence-electron chi connectivity index (χ3n) is 1.32. The van der Waals surface area contributed by atoms with Crippen LogP contribution >= 0.6 is 0 Å². The van der Waals surface area contributed by atoms with E-state index in [0.29, 0.717) is 0 Å². The predicted octanol–water partition coefficient (Wildman–Crippen LogP) is -0.464. The molecule has 6 nitrogen and oxygen atoms in total. The number of hydrogen-bond donors (Lipinski definition) is 3. The number of aromatic carboxylic acids is 1. The van der Waals surface area contributed by atoms with Crippen molar-refractivity contribution in [1.29, 1.82) is 0 Å². The molecule has 3 N–H and O–H groups in total. The van der Waals surface area contributed by atoms with Gasteiger partial charge in [0, 0.05) is 6.07 Å². The molecule has 0 saturated carbocycles. The van der Waals surface area contributed by atoms with Crippen molar-refractivity contribution in [3.63, 3.8) is 0 Å². The fourth-order valence-electron chi connectivity index (χ4n) is 0.758. The lowest BCUT2D eigenvalue weighted by molar-refractivity contribution is 0.0647. The molecule has 0 aliphatic rings. The number of carboxylic acid groups (broad SMARTS) is 1. The minimum absolute atomic E-state index is 0.208. The van der Waals surface area contributed by atoms with E-state index in [1.165, 1.54) is 0 Å². The molecule has 0 radical (unpaired) electrons. The predicted molar refractivity (Wildman–Crippen MR) is 39.5 cm³/mol. The first-order valence-electron chi connectivity index (χ1n) is 3.26. The minimum atomic E-state index is -1.56. The molecule has 1 aromatic rings. The van der Waals surface area contributed by atoms with Gasteiger partial charge in [0.25, 0.3) is 5.76 Å². The molecule has 1 aromatic heterocycles. The van der Waals surface area contributed by atoms with Crippen LogP contribution in [0.3, 0.4) is 0 Å². The monoisotopic (exact) mass is 186 g/mol.